The van der Waals surface area contributed by atoms with E-state index in [1.807, 2.05) is 12.4 Å². The lowest BCUT2D eigenvalue weighted by atomic mass is 9.72. The number of hydrogen-bond acceptors (Lipinski definition) is 3. The lowest BCUT2D eigenvalue weighted by molar-refractivity contribution is 0.0471. The van der Waals surface area contributed by atoms with Crippen LogP contribution in [0.1, 0.15) is 32.3 Å². The number of piperidine rings is 1. The van der Waals surface area contributed by atoms with Crippen LogP contribution in [-0.2, 0) is 6.54 Å². The van der Waals surface area contributed by atoms with E-state index in [2.05, 4.69) is 35.9 Å². The largest absolute Gasteiger partial charge is 0.330 e. The second-order valence-electron chi connectivity index (χ2n) is 6.12. The van der Waals surface area contributed by atoms with Crippen LogP contribution in [0.25, 0.3) is 0 Å². The van der Waals surface area contributed by atoms with Crippen LogP contribution in [0.5, 0.6) is 0 Å². The molecule has 2 heterocycles. The molecule has 1 unspecified atom stereocenters. The predicted molar refractivity (Wildman–Crippen MR) is 75.1 cm³/mol. The van der Waals surface area contributed by atoms with Crippen LogP contribution in [0.4, 0.5) is 0 Å². The molecule has 0 radical (unpaired) electrons. The third kappa shape index (κ3) is 3.30. The lowest BCUT2D eigenvalue weighted by Gasteiger charge is -2.44. The van der Waals surface area contributed by atoms with E-state index in [1.54, 1.807) is 0 Å². The van der Waals surface area contributed by atoms with Crippen LogP contribution in [0.15, 0.2) is 24.5 Å². The van der Waals surface area contributed by atoms with E-state index in [1.165, 1.54) is 25.1 Å². The fraction of sp³-hybridized carbons (Fsp3) is 0.667. The van der Waals surface area contributed by atoms with Gasteiger partial charge in [-0.1, -0.05) is 13.8 Å². The summed E-state index contributed by atoms with van der Waals surface area (Å²) < 4.78 is 0. The highest BCUT2D eigenvalue weighted by atomic mass is 15.1. The first-order valence-corrected chi connectivity index (χ1v) is 6.93. The van der Waals surface area contributed by atoms with E-state index in [0.29, 0.717) is 5.41 Å². The van der Waals surface area contributed by atoms with Gasteiger partial charge in [-0.05, 0) is 55.0 Å². The molecule has 1 saturated heterocycles. The molecule has 1 aliphatic heterocycles. The maximum atomic E-state index is 5.72. The highest BCUT2D eigenvalue weighted by Gasteiger charge is 2.34. The summed E-state index contributed by atoms with van der Waals surface area (Å²) in [5.74, 6) is 0.774. The summed E-state index contributed by atoms with van der Waals surface area (Å²) in [5, 5.41) is 0. The van der Waals surface area contributed by atoms with Crippen molar-refractivity contribution in [1.82, 2.24) is 9.88 Å². The zero-order valence-electron chi connectivity index (χ0n) is 11.6. The second-order valence-corrected chi connectivity index (χ2v) is 6.12. The first kappa shape index (κ1) is 13.5. The Balaban J connectivity index is 1.94. The average molecular weight is 247 g/mol. The molecule has 1 fully saturated rings. The van der Waals surface area contributed by atoms with Gasteiger partial charge >= 0.3 is 0 Å². The van der Waals surface area contributed by atoms with E-state index in [4.69, 9.17) is 5.73 Å². The maximum absolute atomic E-state index is 5.72. The number of nitrogens with zero attached hydrogens (tertiary/aromatic N) is 2. The van der Waals surface area contributed by atoms with Crippen molar-refractivity contribution in [2.24, 2.45) is 17.1 Å². The highest BCUT2D eigenvalue weighted by molar-refractivity contribution is 5.09. The average Bonchev–Trinajstić information content (AvgIpc) is 2.33. The zero-order valence-corrected chi connectivity index (χ0v) is 11.6. The zero-order chi connectivity index (χ0) is 13.0. The van der Waals surface area contributed by atoms with Gasteiger partial charge in [-0.15, -0.1) is 0 Å². The standard InChI is InChI=1S/C15H25N3/c1-15(2)12-18(10-6-14(15)3-7-16)11-13-4-8-17-9-5-13/h4-5,8-9,14H,3,6-7,10-12,16H2,1-2H3. The molecule has 0 bridgehead atoms. The molecule has 3 heteroatoms. The molecule has 0 spiro atoms. The van der Waals surface area contributed by atoms with Crippen molar-refractivity contribution in [1.29, 1.82) is 0 Å². The Morgan fingerprint density at radius 3 is 2.72 bits per heavy atom. The van der Waals surface area contributed by atoms with E-state index in [0.717, 1.165) is 25.4 Å². The summed E-state index contributed by atoms with van der Waals surface area (Å²) >= 11 is 0. The van der Waals surface area contributed by atoms with Gasteiger partial charge < -0.3 is 5.73 Å². The van der Waals surface area contributed by atoms with Gasteiger partial charge in [0.2, 0.25) is 0 Å². The minimum Gasteiger partial charge on any atom is -0.330 e. The van der Waals surface area contributed by atoms with Gasteiger partial charge in [0.25, 0.3) is 0 Å². The fourth-order valence-corrected chi connectivity index (χ4v) is 3.13. The van der Waals surface area contributed by atoms with Gasteiger partial charge in [0.05, 0.1) is 0 Å². The first-order valence-electron chi connectivity index (χ1n) is 6.93. The Hall–Kier alpha value is -0.930. The summed E-state index contributed by atoms with van der Waals surface area (Å²) in [6.07, 6.45) is 6.19. The Morgan fingerprint density at radius 2 is 2.11 bits per heavy atom. The Morgan fingerprint density at radius 1 is 1.39 bits per heavy atom. The van der Waals surface area contributed by atoms with Gasteiger partial charge in [-0.3, -0.25) is 9.88 Å². The molecule has 1 aromatic heterocycles. The Bertz CT molecular complexity index is 361. The maximum Gasteiger partial charge on any atom is 0.0271 e. The van der Waals surface area contributed by atoms with Gasteiger partial charge in [0.1, 0.15) is 0 Å². The molecule has 100 valence electrons. The molecule has 3 nitrogen and oxygen atoms in total. The topological polar surface area (TPSA) is 42.2 Å². The van der Waals surface area contributed by atoms with Gasteiger partial charge in [0, 0.05) is 25.5 Å². The van der Waals surface area contributed by atoms with Crippen molar-refractivity contribution in [3.8, 4) is 0 Å². The van der Waals surface area contributed by atoms with E-state index >= 15 is 0 Å². The number of pyridine rings is 1. The van der Waals surface area contributed by atoms with Crippen LogP contribution in [-0.4, -0.2) is 29.5 Å². The van der Waals surface area contributed by atoms with Crippen molar-refractivity contribution in [2.45, 2.75) is 33.2 Å². The normalized spacial score (nSPS) is 24.1. The van der Waals surface area contributed by atoms with Gasteiger partial charge in [0.15, 0.2) is 0 Å². The molecule has 0 aliphatic carbocycles. The monoisotopic (exact) mass is 247 g/mol. The van der Waals surface area contributed by atoms with Crippen LogP contribution in [0.3, 0.4) is 0 Å². The van der Waals surface area contributed by atoms with Crippen LogP contribution >= 0.6 is 0 Å². The third-order valence-corrected chi connectivity index (χ3v) is 4.20. The van der Waals surface area contributed by atoms with E-state index in [9.17, 15) is 0 Å². The van der Waals surface area contributed by atoms with Gasteiger partial charge in [-0.2, -0.15) is 0 Å². The minimum atomic E-state index is 0.380. The summed E-state index contributed by atoms with van der Waals surface area (Å²) in [7, 11) is 0. The Labute approximate surface area is 110 Å². The number of aromatic nitrogens is 1. The summed E-state index contributed by atoms with van der Waals surface area (Å²) in [6.45, 7) is 8.98. The molecule has 18 heavy (non-hydrogen) atoms. The highest BCUT2D eigenvalue weighted by Crippen LogP contribution is 2.37. The second kappa shape index (κ2) is 5.81. The quantitative estimate of drug-likeness (QED) is 0.887. The van der Waals surface area contributed by atoms with Crippen molar-refractivity contribution < 1.29 is 0 Å². The Kier molecular flexibility index (Phi) is 4.36. The summed E-state index contributed by atoms with van der Waals surface area (Å²) in [6, 6.07) is 4.22. The molecular weight excluding hydrogens is 222 g/mol. The van der Waals surface area contributed by atoms with Crippen molar-refractivity contribution in [2.75, 3.05) is 19.6 Å². The smallest absolute Gasteiger partial charge is 0.0271 e. The number of nitrogens with two attached hydrogens (primary N) is 1. The molecule has 1 aliphatic rings. The van der Waals surface area contributed by atoms with Crippen LogP contribution in [0, 0.1) is 11.3 Å². The molecule has 2 N–H and O–H groups in total. The van der Waals surface area contributed by atoms with E-state index in [-0.39, 0.29) is 0 Å². The molecule has 1 aromatic rings. The number of hydrogen-bond donors (Lipinski definition) is 1. The molecule has 1 atom stereocenters. The van der Waals surface area contributed by atoms with Crippen LogP contribution < -0.4 is 5.73 Å². The van der Waals surface area contributed by atoms with E-state index < -0.39 is 0 Å². The van der Waals surface area contributed by atoms with Crippen molar-refractivity contribution >= 4 is 0 Å². The lowest BCUT2D eigenvalue weighted by Crippen LogP contribution is -2.45. The number of likely N-dealkylation sites (tertiary alicyclic amines) is 1. The molecule has 0 amide bonds. The molecular formula is C15H25N3. The molecule has 0 saturated carbocycles. The fourth-order valence-electron chi connectivity index (χ4n) is 3.13. The number of rotatable bonds is 4. The predicted octanol–water partition coefficient (Wildman–Crippen LogP) is 2.28. The SMILES string of the molecule is CC1(C)CN(Cc2ccncc2)CCC1CCN. The molecule has 0 aromatic carbocycles. The first-order chi connectivity index (χ1) is 8.62. The van der Waals surface area contributed by atoms with Gasteiger partial charge in [-0.25, -0.2) is 0 Å². The summed E-state index contributed by atoms with van der Waals surface area (Å²) in [4.78, 5) is 6.63. The summed E-state index contributed by atoms with van der Waals surface area (Å²) in [5.41, 5.74) is 7.46. The van der Waals surface area contributed by atoms with Crippen molar-refractivity contribution in [3.05, 3.63) is 30.1 Å². The van der Waals surface area contributed by atoms with Crippen LogP contribution in [0.2, 0.25) is 0 Å². The minimum absolute atomic E-state index is 0.380. The molecule has 2 rings (SSSR count). The third-order valence-electron chi connectivity index (χ3n) is 4.20. The van der Waals surface area contributed by atoms with Crippen molar-refractivity contribution in [3.63, 3.8) is 0 Å².